The molecule has 1 saturated heterocycles. The molecule has 0 saturated carbocycles. The Labute approximate surface area is 171 Å². The van der Waals surface area contributed by atoms with Gasteiger partial charge in [-0.25, -0.2) is 0 Å². The molecule has 0 unspecified atom stereocenters. The molecule has 1 heterocycles. The van der Waals surface area contributed by atoms with E-state index in [-0.39, 0.29) is 18.6 Å². The number of amides is 1. The molecule has 150 valence electrons. The predicted molar refractivity (Wildman–Crippen MR) is 111 cm³/mol. The van der Waals surface area contributed by atoms with Crippen molar-refractivity contribution < 1.29 is 14.3 Å². The smallest absolute Gasteiger partial charge is 0.258 e. The number of rotatable bonds is 7. The van der Waals surface area contributed by atoms with Crippen LogP contribution in [0.1, 0.15) is 22.7 Å². The Hall–Kier alpha value is -2.08. The van der Waals surface area contributed by atoms with Gasteiger partial charge >= 0.3 is 0 Å². The van der Waals surface area contributed by atoms with Crippen LogP contribution in [0.25, 0.3) is 0 Å². The molecule has 6 heteroatoms. The molecule has 28 heavy (non-hydrogen) atoms. The van der Waals surface area contributed by atoms with E-state index in [0.717, 1.165) is 35.5 Å². The Morgan fingerprint density at radius 1 is 1.18 bits per heavy atom. The molecule has 1 aliphatic rings. The highest BCUT2D eigenvalue weighted by Crippen LogP contribution is 2.23. The highest BCUT2D eigenvalue weighted by molar-refractivity contribution is 6.30. The third kappa shape index (κ3) is 5.47. The van der Waals surface area contributed by atoms with E-state index in [0.29, 0.717) is 24.8 Å². The number of benzene rings is 2. The Balaban J connectivity index is 1.60. The minimum Gasteiger partial charge on any atom is -0.483 e. The summed E-state index contributed by atoms with van der Waals surface area (Å²) in [5.41, 5.74) is 3.33. The molecule has 0 bridgehead atoms. The molecule has 1 atom stereocenters. The van der Waals surface area contributed by atoms with Crippen LogP contribution in [-0.4, -0.2) is 50.3 Å². The zero-order valence-corrected chi connectivity index (χ0v) is 17.2. The van der Waals surface area contributed by atoms with E-state index in [1.54, 1.807) is 0 Å². The van der Waals surface area contributed by atoms with Crippen molar-refractivity contribution in [1.82, 2.24) is 10.2 Å². The molecule has 2 aromatic rings. The maximum Gasteiger partial charge on any atom is 0.258 e. The number of carbonyl (C=O) groups excluding carboxylic acids is 1. The SMILES string of the molecule is Cc1cccc(OCC(=O)NC[C@@H](c2ccc(Cl)cc2)N2CCOCC2)c1C. The van der Waals surface area contributed by atoms with E-state index in [1.165, 1.54) is 0 Å². The van der Waals surface area contributed by atoms with E-state index in [9.17, 15) is 4.79 Å². The van der Waals surface area contributed by atoms with Crippen LogP contribution in [0.5, 0.6) is 5.75 Å². The zero-order chi connectivity index (χ0) is 19.9. The molecule has 1 amide bonds. The van der Waals surface area contributed by atoms with Gasteiger partial charge in [0, 0.05) is 24.7 Å². The van der Waals surface area contributed by atoms with Crippen LogP contribution in [0.15, 0.2) is 42.5 Å². The first-order valence-electron chi connectivity index (χ1n) is 9.57. The first kappa shape index (κ1) is 20.6. The van der Waals surface area contributed by atoms with Gasteiger partial charge in [0.25, 0.3) is 5.91 Å². The van der Waals surface area contributed by atoms with E-state index in [2.05, 4.69) is 10.2 Å². The second-order valence-electron chi connectivity index (χ2n) is 7.01. The quantitative estimate of drug-likeness (QED) is 0.769. The van der Waals surface area contributed by atoms with Crippen LogP contribution in [0.3, 0.4) is 0 Å². The standard InChI is InChI=1S/C22H27ClN2O3/c1-16-4-3-5-21(17(16)2)28-15-22(26)24-14-20(25-10-12-27-13-11-25)18-6-8-19(23)9-7-18/h3-9,20H,10-15H2,1-2H3,(H,24,26)/t20-/m0/s1. The molecule has 0 aromatic heterocycles. The van der Waals surface area contributed by atoms with Crippen molar-refractivity contribution >= 4 is 17.5 Å². The number of hydrogen-bond donors (Lipinski definition) is 1. The number of nitrogens with zero attached hydrogens (tertiary/aromatic N) is 1. The summed E-state index contributed by atoms with van der Waals surface area (Å²) >= 11 is 6.03. The Morgan fingerprint density at radius 2 is 1.89 bits per heavy atom. The normalized spacial score (nSPS) is 15.8. The van der Waals surface area contributed by atoms with E-state index in [4.69, 9.17) is 21.1 Å². The van der Waals surface area contributed by atoms with E-state index < -0.39 is 0 Å². The second kappa shape index (κ2) is 9.92. The lowest BCUT2D eigenvalue weighted by molar-refractivity contribution is -0.123. The first-order valence-corrected chi connectivity index (χ1v) is 9.95. The highest BCUT2D eigenvalue weighted by atomic mass is 35.5. The van der Waals surface area contributed by atoms with Crippen molar-refractivity contribution in [1.29, 1.82) is 0 Å². The lowest BCUT2D eigenvalue weighted by atomic mass is 10.0. The number of nitrogens with one attached hydrogen (secondary N) is 1. The van der Waals surface area contributed by atoms with Crippen molar-refractivity contribution in [3.8, 4) is 5.75 Å². The minimum atomic E-state index is -0.131. The van der Waals surface area contributed by atoms with Crippen molar-refractivity contribution in [3.05, 3.63) is 64.2 Å². The van der Waals surface area contributed by atoms with Crippen molar-refractivity contribution in [3.63, 3.8) is 0 Å². The van der Waals surface area contributed by atoms with Gasteiger partial charge < -0.3 is 14.8 Å². The minimum absolute atomic E-state index is 0.000736. The van der Waals surface area contributed by atoms with Gasteiger partial charge in [-0.3, -0.25) is 9.69 Å². The first-order chi connectivity index (χ1) is 13.5. The van der Waals surface area contributed by atoms with Crippen molar-refractivity contribution in [2.75, 3.05) is 39.5 Å². The molecule has 5 nitrogen and oxygen atoms in total. The van der Waals surface area contributed by atoms with Gasteiger partial charge in [-0.1, -0.05) is 35.9 Å². The number of aryl methyl sites for hydroxylation is 1. The Bertz CT molecular complexity index is 789. The third-order valence-corrected chi connectivity index (χ3v) is 5.40. The lowest BCUT2D eigenvalue weighted by Gasteiger charge is -2.35. The van der Waals surface area contributed by atoms with Crippen LogP contribution < -0.4 is 10.1 Å². The summed E-state index contributed by atoms with van der Waals surface area (Å²) in [6.07, 6.45) is 0. The molecular weight excluding hydrogens is 376 g/mol. The molecule has 3 rings (SSSR count). The highest BCUT2D eigenvalue weighted by Gasteiger charge is 2.23. The number of ether oxygens (including phenoxy) is 2. The van der Waals surface area contributed by atoms with Gasteiger partial charge in [0.1, 0.15) is 5.75 Å². The fourth-order valence-corrected chi connectivity index (χ4v) is 3.44. The summed E-state index contributed by atoms with van der Waals surface area (Å²) in [6.45, 7) is 7.61. The summed E-state index contributed by atoms with van der Waals surface area (Å²) in [6, 6.07) is 13.7. The van der Waals surface area contributed by atoms with E-state index in [1.807, 2.05) is 56.3 Å². The summed E-state index contributed by atoms with van der Waals surface area (Å²) in [5, 5.41) is 3.72. The average Bonchev–Trinajstić information content (AvgIpc) is 2.71. The second-order valence-corrected chi connectivity index (χ2v) is 7.44. The Kier molecular flexibility index (Phi) is 7.31. The van der Waals surface area contributed by atoms with Crippen molar-refractivity contribution in [2.24, 2.45) is 0 Å². The fourth-order valence-electron chi connectivity index (χ4n) is 3.32. The van der Waals surface area contributed by atoms with Crippen LogP contribution in [0.4, 0.5) is 0 Å². The van der Waals surface area contributed by atoms with E-state index >= 15 is 0 Å². The maximum absolute atomic E-state index is 12.4. The van der Waals surface area contributed by atoms with Crippen LogP contribution in [-0.2, 0) is 9.53 Å². The van der Waals surface area contributed by atoms with Crippen LogP contribution >= 0.6 is 11.6 Å². The zero-order valence-electron chi connectivity index (χ0n) is 16.4. The number of hydrogen-bond acceptors (Lipinski definition) is 4. The number of carbonyl (C=O) groups is 1. The number of halogens is 1. The monoisotopic (exact) mass is 402 g/mol. The molecule has 2 aromatic carbocycles. The Morgan fingerprint density at radius 3 is 2.61 bits per heavy atom. The van der Waals surface area contributed by atoms with Crippen LogP contribution in [0.2, 0.25) is 5.02 Å². The molecule has 1 aliphatic heterocycles. The van der Waals surface area contributed by atoms with Crippen molar-refractivity contribution in [2.45, 2.75) is 19.9 Å². The largest absolute Gasteiger partial charge is 0.483 e. The third-order valence-electron chi connectivity index (χ3n) is 5.15. The van der Waals surface area contributed by atoms with Gasteiger partial charge in [0.2, 0.25) is 0 Å². The van der Waals surface area contributed by atoms with Gasteiger partial charge in [0.05, 0.1) is 19.3 Å². The van der Waals surface area contributed by atoms with Crippen LogP contribution in [0, 0.1) is 13.8 Å². The maximum atomic E-state index is 12.4. The predicted octanol–water partition coefficient (Wildman–Crippen LogP) is 3.53. The molecule has 0 aliphatic carbocycles. The fraction of sp³-hybridized carbons (Fsp3) is 0.409. The molecule has 1 fully saturated rings. The summed E-state index contributed by atoms with van der Waals surface area (Å²) in [7, 11) is 0. The lowest BCUT2D eigenvalue weighted by Crippen LogP contribution is -2.44. The average molecular weight is 403 g/mol. The summed E-state index contributed by atoms with van der Waals surface area (Å²) < 4.78 is 11.2. The van der Waals surface area contributed by atoms with Gasteiger partial charge in [0.15, 0.2) is 6.61 Å². The number of morpholine rings is 1. The molecular formula is C22H27ClN2O3. The molecule has 1 N–H and O–H groups in total. The molecule has 0 spiro atoms. The topological polar surface area (TPSA) is 50.8 Å². The summed E-state index contributed by atoms with van der Waals surface area (Å²) in [4.78, 5) is 14.7. The van der Waals surface area contributed by atoms with Gasteiger partial charge in [-0.2, -0.15) is 0 Å². The summed E-state index contributed by atoms with van der Waals surface area (Å²) in [5.74, 6) is 0.616. The van der Waals surface area contributed by atoms with Gasteiger partial charge in [-0.15, -0.1) is 0 Å². The molecule has 0 radical (unpaired) electrons. The van der Waals surface area contributed by atoms with Gasteiger partial charge in [-0.05, 0) is 48.7 Å².